The lowest BCUT2D eigenvalue weighted by atomic mass is 9.99. The van der Waals surface area contributed by atoms with Crippen LogP contribution in [0.2, 0.25) is 0 Å². The SMILES string of the molecule is COCCC(CCOC)Nc1nc(C)nc2c(-c3c(C)cc(OC)cc3OC)c(C)nn12. The van der Waals surface area contributed by atoms with Crippen molar-refractivity contribution >= 4 is 11.6 Å². The molecular weight excluding hydrogens is 410 g/mol. The van der Waals surface area contributed by atoms with Gasteiger partial charge in [-0.05, 0) is 45.2 Å². The highest BCUT2D eigenvalue weighted by molar-refractivity contribution is 5.86. The molecule has 0 atom stereocenters. The Morgan fingerprint density at radius 2 is 1.59 bits per heavy atom. The molecule has 0 saturated heterocycles. The fourth-order valence-corrected chi connectivity index (χ4v) is 3.84. The predicted octanol–water partition coefficient (Wildman–Crippen LogP) is 3.59. The van der Waals surface area contributed by atoms with E-state index in [9.17, 15) is 0 Å². The third-order valence-corrected chi connectivity index (χ3v) is 5.42. The van der Waals surface area contributed by atoms with Gasteiger partial charge in [-0.3, -0.25) is 0 Å². The Kier molecular flexibility index (Phi) is 7.87. The van der Waals surface area contributed by atoms with E-state index in [2.05, 4.69) is 10.3 Å². The Morgan fingerprint density at radius 1 is 0.906 bits per heavy atom. The Labute approximate surface area is 189 Å². The number of hydrogen-bond donors (Lipinski definition) is 1. The van der Waals surface area contributed by atoms with Crippen molar-refractivity contribution in [2.45, 2.75) is 39.7 Å². The molecule has 9 nitrogen and oxygen atoms in total. The number of anilines is 1. The van der Waals surface area contributed by atoms with Crippen LogP contribution in [0.5, 0.6) is 11.5 Å². The number of hydrogen-bond acceptors (Lipinski definition) is 8. The Hall–Kier alpha value is -2.91. The molecule has 32 heavy (non-hydrogen) atoms. The fraction of sp³-hybridized carbons (Fsp3) is 0.522. The molecular formula is C23H33N5O4. The van der Waals surface area contributed by atoms with Crippen LogP contribution < -0.4 is 14.8 Å². The maximum atomic E-state index is 5.71. The van der Waals surface area contributed by atoms with Crippen molar-refractivity contribution < 1.29 is 18.9 Å². The Morgan fingerprint density at radius 3 is 2.19 bits per heavy atom. The molecule has 3 rings (SSSR count). The third kappa shape index (κ3) is 4.94. The van der Waals surface area contributed by atoms with E-state index in [1.165, 1.54) is 0 Å². The summed E-state index contributed by atoms with van der Waals surface area (Å²) in [6, 6.07) is 3.99. The van der Waals surface area contributed by atoms with E-state index in [-0.39, 0.29) is 6.04 Å². The first-order valence-electron chi connectivity index (χ1n) is 10.6. The molecule has 0 saturated carbocycles. The van der Waals surface area contributed by atoms with Gasteiger partial charge >= 0.3 is 0 Å². The van der Waals surface area contributed by atoms with Crippen molar-refractivity contribution in [2.75, 3.05) is 47.0 Å². The first-order valence-corrected chi connectivity index (χ1v) is 10.6. The van der Waals surface area contributed by atoms with Gasteiger partial charge in [0.2, 0.25) is 5.95 Å². The average Bonchev–Trinajstić information content (AvgIpc) is 3.10. The number of methoxy groups -OCH3 is 4. The van der Waals surface area contributed by atoms with Crippen molar-refractivity contribution in [1.29, 1.82) is 0 Å². The van der Waals surface area contributed by atoms with Gasteiger partial charge in [0.05, 0.1) is 25.5 Å². The molecule has 9 heteroatoms. The minimum atomic E-state index is 0.123. The zero-order valence-corrected chi connectivity index (χ0v) is 20.0. The monoisotopic (exact) mass is 443 g/mol. The van der Waals surface area contributed by atoms with Crippen molar-refractivity contribution in [2.24, 2.45) is 0 Å². The molecule has 0 aliphatic rings. The van der Waals surface area contributed by atoms with Crippen LogP contribution in [0.1, 0.15) is 29.9 Å². The summed E-state index contributed by atoms with van der Waals surface area (Å²) in [7, 11) is 6.71. The molecule has 2 heterocycles. The Bertz CT molecular complexity index is 1060. The highest BCUT2D eigenvalue weighted by Crippen LogP contribution is 2.40. The molecule has 0 bridgehead atoms. The third-order valence-electron chi connectivity index (χ3n) is 5.42. The molecule has 0 aliphatic heterocycles. The van der Waals surface area contributed by atoms with Gasteiger partial charge in [0.25, 0.3) is 0 Å². The quantitative estimate of drug-likeness (QED) is 0.481. The number of aryl methyl sites for hydroxylation is 3. The standard InChI is InChI=1S/C23H33N5O4/c1-14-12-18(31-6)13-19(32-7)20(14)21-15(2)27-28-22(21)24-16(3)25-23(28)26-17(8-10-29-4)9-11-30-5/h12-13,17H,8-11H2,1-7H3,(H,24,25,26). The molecule has 174 valence electrons. The maximum absolute atomic E-state index is 5.71. The van der Waals surface area contributed by atoms with E-state index in [1.807, 2.05) is 32.9 Å². The second-order valence-corrected chi connectivity index (χ2v) is 7.72. The van der Waals surface area contributed by atoms with Crippen molar-refractivity contribution in [1.82, 2.24) is 19.6 Å². The lowest BCUT2D eigenvalue weighted by Gasteiger charge is -2.19. The van der Waals surface area contributed by atoms with Crippen LogP contribution in [-0.4, -0.2) is 67.3 Å². The lowest BCUT2D eigenvalue weighted by molar-refractivity contribution is 0.167. The second kappa shape index (κ2) is 10.6. The normalized spacial score (nSPS) is 11.4. The lowest BCUT2D eigenvalue weighted by Crippen LogP contribution is -2.25. The van der Waals surface area contributed by atoms with Gasteiger partial charge in [-0.15, -0.1) is 0 Å². The topological polar surface area (TPSA) is 92.0 Å². The van der Waals surface area contributed by atoms with E-state index in [0.29, 0.717) is 30.7 Å². The smallest absolute Gasteiger partial charge is 0.227 e. The number of rotatable bonds is 11. The van der Waals surface area contributed by atoms with Gasteiger partial charge < -0.3 is 24.3 Å². The van der Waals surface area contributed by atoms with Crippen LogP contribution in [0.25, 0.3) is 16.8 Å². The minimum absolute atomic E-state index is 0.123. The number of benzene rings is 1. The van der Waals surface area contributed by atoms with Gasteiger partial charge in [-0.25, -0.2) is 4.98 Å². The summed E-state index contributed by atoms with van der Waals surface area (Å²) in [5.41, 5.74) is 4.44. The molecule has 1 aromatic carbocycles. The van der Waals surface area contributed by atoms with Crippen LogP contribution in [0, 0.1) is 20.8 Å². The van der Waals surface area contributed by atoms with Crippen molar-refractivity contribution in [3.8, 4) is 22.6 Å². The van der Waals surface area contributed by atoms with Gasteiger partial charge in [0.15, 0.2) is 5.65 Å². The van der Waals surface area contributed by atoms with Crippen molar-refractivity contribution in [3.05, 3.63) is 29.2 Å². The number of aromatic nitrogens is 4. The Balaban J connectivity index is 2.13. The average molecular weight is 444 g/mol. The molecule has 0 amide bonds. The van der Waals surface area contributed by atoms with E-state index in [1.54, 1.807) is 33.0 Å². The summed E-state index contributed by atoms with van der Waals surface area (Å²) in [4.78, 5) is 9.38. The number of nitrogens with zero attached hydrogens (tertiary/aromatic N) is 4. The van der Waals surface area contributed by atoms with Gasteiger partial charge in [-0.2, -0.15) is 14.6 Å². The van der Waals surface area contributed by atoms with Crippen LogP contribution in [0.15, 0.2) is 12.1 Å². The molecule has 0 radical (unpaired) electrons. The summed E-state index contributed by atoms with van der Waals surface area (Å²) in [6.07, 6.45) is 1.64. The van der Waals surface area contributed by atoms with E-state index < -0.39 is 0 Å². The summed E-state index contributed by atoms with van der Waals surface area (Å²) < 4.78 is 23.5. The number of ether oxygens (including phenoxy) is 4. The largest absolute Gasteiger partial charge is 0.497 e. The summed E-state index contributed by atoms with van der Waals surface area (Å²) >= 11 is 0. The molecule has 0 fully saturated rings. The van der Waals surface area contributed by atoms with Gasteiger partial charge in [0, 0.05) is 45.1 Å². The summed E-state index contributed by atoms with van der Waals surface area (Å²) in [6.45, 7) is 7.16. The summed E-state index contributed by atoms with van der Waals surface area (Å²) in [5.74, 6) is 2.75. The van der Waals surface area contributed by atoms with Crippen LogP contribution in [-0.2, 0) is 9.47 Å². The molecule has 2 aromatic heterocycles. The molecule has 0 aliphatic carbocycles. The molecule has 1 N–H and O–H groups in total. The second-order valence-electron chi connectivity index (χ2n) is 7.72. The van der Waals surface area contributed by atoms with Crippen molar-refractivity contribution in [3.63, 3.8) is 0 Å². The van der Waals surface area contributed by atoms with E-state index >= 15 is 0 Å². The zero-order chi connectivity index (χ0) is 23.3. The van der Waals surface area contributed by atoms with Gasteiger partial charge in [0.1, 0.15) is 17.3 Å². The first-order chi connectivity index (χ1) is 15.4. The van der Waals surface area contributed by atoms with Crippen LogP contribution in [0.4, 0.5) is 5.95 Å². The minimum Gasteiger partial charge on any atom is -0.497 e. The highest BCUT2D eigenvalue weighted by Gasteiger charge is 2.23. The fourth-order valence-electron chi connectivity index (χ4n) is 3.84. The van der Waals surface area contributed by atoms with Crippen LogP contribution in [0.3, 0.4) is 0 Å². The van der Waals surface area contributed by atoms with E-state index in [4.69, 9.17) is 29.0 Å². The zero-order valence-electron chi connectivity index (χ0n) is 20.0. The first kappa shape index (κ1) is 23.7. The molecule has 3 aromatic rings. The molecule has 0 spiro atoms. The molecule has 0 unspecified atom stereocenters. The number of fused-ring (bicyclic) bond motifs is 1. The highest BCUT2D eigenvalue weighted by atomic mass is 16.5. The van der Waals surface area contributed by atoms with Crippen LogP contribution >= 0.6 is 0 Å². The number of nitrogens with one attached hydrogen (secondary N) is 1. The van der Waals surface area contributed by atoms with E-state index in [0.717, 1.165) is 46.6 Å². The predicted molar refractivity (Wildman–Crippen MR) is 124 cm³/mol. The van der Waals surface area contributed by atoms with Gasteiger partial charge in [-0.1, -0.05) is 0 Å². The maximum Gasteiger partial charge on any atom is 0.227 e. The summed E-state index contributed by atoms with van der Waals surface area (Å²) in [5, 5.41) is 8.31.